The summed E-state index contributed by atoms with van der Waals surface area (Å²) in [5.41, 5.74) is 7.15. The van der Waals surface area contributed by atoms with E-state index in [2.05, 4.69) is 24.1 Å². The lowest BCUT2D eigenvalue weighted by Gasteiger charge is -2.24. The standard InChI is InChI=1S/C13H20N2O2/c1-15(7-10-8-17-9-13(10)14)11-3-5-12(16-2)6-4-11/h3-6,10,13H,7-9,14H2,1-2H3. The minimum atomic E-state index is 0.163. The van der Waals surface area contributed by atoms with Crippen LogP contribution in [0.1, 0.15) is 0 Å². The van der Waals surface area contributed by atoms with Crippen molar-refractivity contribution >= 4 is 5.69 Å². The highest BCUT2D eigenvalue weighted by Gasteiger charge is 2.25. The average Bonchev–Trinajstić information content (AvgIpc) is 2.75. The van der Waals surface area contributed by atoms with Crippen LogP contribution >= 0.6 is 0 Å². The molecule has 17 heavy (non-hydrogen) atoms. The van der Waals surface area contributed by atoms with Crippen LogP contribution in [0.2, 0.25) is 0 Å². The molecule has 1 fully saturated rings. The number of benzene rings is 1. The molecule has 4 heteroatoms. The van der Waals surface area contributed by atoms with E-state index in [-0.39, 0.29) is 6.04 Å². The lowest BCUT2D eigenvalue weighted by atomic mass is 10.0. The van der Waals surface area contributed by atoms with Gasteiger partial charge in [-0.2, -0.15) is 0 Å². The highest BCUT2D eigenvalue weighted by molar-refractivity contribution is 5.48. The molecule has 2 N–H and O–H groups in total. The molecule has 2 atom stereocenters. The largest absolute Gasteiger partial charge is 0.497 e. The minimum Gasteiger partial charge on any atom is -0.497 e. The summed E-state index contributed by atoms with van der Waals surface area (Å²) in [4.78, 5) is 2.21. The van der Waals surface area contributed by atoms with Crippen LogP contribution in [0.4, 0.5) is 5.69 Å². The number of nitrogens with zero attached hydrogens (tertiary/aromatic N) is 1. The summed E-state index contributed by atoms with van der Waals surface area (Å²) >= 11 is 0. The third-order valence-electron chi connectivity index (χ3n) is 3.27. The zero-order valence-corrected chi connectivity index (χ0v) is 10.4. The van der Waals surface area contributed by atoms with Crippen LogP contribution in [0.3, 0.4) is 0 Å². The minimum absolute atomic E-state index is 0.163. The zero-order valence-electron chi connectivity index (χ0n) is 10.4. The molecule has 0 radical (unpaired) electrons. The van der Waals surface area contributed by atoms with Gasteiger partial charge in [-0.25, -0.2) is 0 Å². The van der Waals surface area contributed by atoms with Gasteiger partial charge in [-0.05, 0) is 24.3 Å². The van der Waals surface area contributed by atoms with E-state index in [0.29, 0.717) is 12.5 Å². The molecule has 4 nitrogen and oxygen atoms in total. The Morgan fingerprint density at radius 2 is 2.06 bits per heavy atom. The van der Waals surface area contributed by atoms with Crippen LogP contribution in [0.5, 0.6) is 5.75 Å². The highest BCUT2D eigenvalue weighted by Crippen LogP contribution is 2.21. The summed E-state index contributed by atoms with van der Waals surface area (Å²) in [5, 5.41) is 0. The molecular weight excluding hydrogens is 216 g/mol. The fraction of sp³-hybridized carbons (Fsp3) is 0.538. The Morgan fingerprint density at radius 3 is 2.59 bits per heavy atom. The number of methoxy groups -OCH3 is 1. The van der Waals surface area contributed by atoms with Crippen molar-refractivity contribution in [2.24, 2.45) is 11.7 Å². The Morgan fingerprint density at radius 1 is 1.35 bits per heavy atom. The lowest BCUT2D eigenvalue weighted by Crippen LogP contribution is -2.36. The number of hydrogen-bond acceptors (Lipinski definition) is 4. The second-order valence-electron chi connectivity index (χ2n) is 4.54. The predicted molar refractivity (Wildman–Crippen MR) is 68.5 cm³/mol. The summed E-state index contributed by atoms with van der Waals surface area (Å²) in [7, 11) is 3.75. The third kappa shape index (κ3) is 2.90. The van der Waals surface area contributed by atoms with Gasteiger partial charge in [0.1, 0.15) is 5.75 Å². The van der Waals surface area contributed by atoms with Gasteiger partial charge in [0.05, 0.1) is 20.3 Å². The molecule has 0 saturated carbocycles. The van der Waals surface area contributed by atoms with E-state index in [4.69, 9.17) is 15.2 Å². The summed E-state index contributed by atoms with van der Waals surface area (Å²) in [6.07, 6.45) is 0. The van der Waals surface area contributed by atoms with Gasteiger partial charge in [-0.3, -0.25) is 0 Å². The van der Waals surface area contributed by atoms with Crippen LogP contribution in [-0.2, 0) is 4.74 Å². The van der Waals surface area contributed by atoms with Crippen molar-refractivity contribution in [2.45, 2.75) is 6.04 Å². The van der Waals surface area contributed by atoms with E-state index in [1.54, 1.807) is 7.11 Å². The smallest absolute Gasteiger partial charge is 0.119 e. The molecule has 2 unspecified atom stereocenters. The van der Waals surface area contributed by atoms with E-state index in [1.807, 2.05) is 12.1 Å². The molecule has 1 aliphatic heterocycles. The fourth-order valence-corrected chi connectivity index (χ4v) is 2.10. The van der Waals surface area contributed by atoms with E-state index in [0.717, 1.165) is 18.9 Å². The van der Waals surface area contributed by atoms with Gasteiger partial charge < -0.3 is 20.1 Å². The van der Waals surface area contributed by atoms with Crippen molar-refractivity contribution in [3.05, 3.63) is 24.3 Å². The summed E-state index contributed by atoms with van der Waals surface area (Å²) in [6.45, 7) is 2.37. The highest BCUT2D eigenvalue weighted by atomic mass is 16.5. The molecule has 1 aromatic rings. The molecule has 1 saturated heterocycles. The Kier molecular flexibility index (Phi) is 3.86. The van der Waals surface area contributed by atoms with Gasteiger partial charge in [0.2, 0.25) is 0 Å². The molecule has 1 aliphatic rings. The molecule has 0 aromatic heterocycles. The zero-order chi connectivity index (χ0) is 12.3. The Hall–Kier alpha value is -1.26. The average molecular weight is 236 g/mol. The number of hydrogen-bond donors (Lipinski definition) is 1. The molecule has 0 spiro atoms. The van der Waals surface area contributed by atoms with E-state index in [1.165, 1.54) is 5.69 Å². The normalized spacial score (nSPS) is 23.7. The molecule has 1 aromatic carbocycles. The van der Waals surface area contributed by atoms with Gasteiger partial charge >= 0.3 is 0 Å². The van der Waals surface area contributed by atoms with Crippen molar-refractivity contribution < 1.29 is 9.47 Å². The second kappa shape index (κ2) is 5.38. The first-order valence-corrected chi connectivity index (χ1v) is 5.89. The van der Waals surface area contributed by atoms with Crippen LogP contribution < -0.4 is 15.4 Å². The maximum atomic E-state index is 5.98. The first-order valence-electron chi connectivity index (χ1n) is 5.89. The van der Waals surface area contributed by atoms with E-state index >= 15 is 0 Å². The Labute approximate surface area is 102 Å². The molecule has 0 amide bonds. The van der Waals surface area contributed by atoms with Crippen LogP contribution in [0, 0.1) is 5.92 Å². The lowest BCUT2D eigenvalue weighted by molar-refractivity contribution is 0.185. The SMILES string of the molecule is COc1ccc(N(C)CC2COCC2N)cc1. The third-order valence-corrected chi connectivity index (χ3v) is 3.27. The summed E-state index contributed by atoms with van der Waals surface area (Å²) in [6, 6.07) is 8.21. The van der Waals surface area contributed by atoms with Crippen LogP contribution in [0.15, 0.2) is 24.3 Å². The first-order chi connectivity index (χ1) is 8.20. The van der Waals surface area contributed by atoms with Crippen molar-refractivity contribution in [1.29, 1.82) is 0 Å². The number of nitrogens with two attached hydrogens (primary N) is 1. The summed E-state index contributed by atoms with van der Waals surface area (Å²) < 4.78 is 10.5. The van der Waals surface area contributed by atoms with Crippen molar-refractivity contribution in [1.82, 2.24) is 0 Å². The quantitative estimate of drug-likeness (QED) is 0.850. The monoisotopic (exact) mass is 236 g/mol. The molecule has 0 bridgehead atoms. The van der Waals surface area contributed by atoms with Crippen LogP contribution in [0.25, 0.3) is 0 Å². The maximum absolute atomic E-state index is 5.98. The van der Waals surface area contributed by atoms with E-state index in [9.17, 15) is 0 Å². The number of anilines is 1. The molecule has 1 heterocycles. The van der Waals surface area contributed by atoms with Crippen molar-refractivity contribution in [2.75, 3.05) is 38.8 Å². The fourth-order valence-electron chi connectivity index (χ4n) is 2.10. The maximum Gasteiger partial charge on any atom is 0.119 e. The van der Waals surface area contributed by atoms with Gasteiger partial charge in [0.25, 0.3) is 0 Å². The molecule has 94 valence electrons. The summed E-state index contributed by atoms with van der Waals surface area (Å²) in [5.74, 6) is 1.30. The van der Waals surface area contributed by atoms with Gasteiger partial charge in [0, 0.05) is 31.2 Å². The number of rotatable bonds is 4. The van der Waals surface area contributed by atoms with Gasteiger partial charge in [0.15, 0.2) is 0 Å². The van der Waals surface area contributed by atoms with E-state index < -0.39 is 0 Å². The topological polar surface area (TPSA) is 47.7 Å². The van der Waals surface area contributed by atoms with Gasteiger partial charge in [-0.15, -0.1) is 0 Å². The molecule has 2 rings (SSSR count). The van der Waals surface area contributed by atoms with Crippen molar-refractivity contribution in [3.8, 4) is 5.75 Å². The Bertz CT molecular complexity index is 353. The van der Waals surface area contributed by atoms with Crippen molar-refractivity contribution in [3.63, 3.8) is 0 Å². The second-order valence-corrected chi connectivity index (χ2v) is 4.54. The van der Waals surface area contributed by atoms with Gasteiger partial charge in [-0.1, -0.05) is 0 Å². The molecule has 0 aliphatic carbocycles. The molecular formula is C13H20N2O2. The number of ether oxygens (including phenoxy) is 2. The van der Waals surface area contributed by atoms with Crippen LogP contribution in [-0.4, -0.2) is 40.0 Å². The Balaban J connectivity index is 1.96. The predicted octanol–water partition coefficient (Wildman–Crippen LogP) is 1.11. The first kappa shape index (κ1) is 12.2.